The lowest BCUT2D eigenvalue weighted by atomic mass is 10.0. The van der Waals surface area contributed by atoms with Crippen LogP contribution in [0.4, 0.5) is 0 Å². The lowest BCUT2D eigenvalue weighted by Gasteiger charge is -2.08. The Hall–Kier alpha value is -1.08. The molecular weight excluding hydrogens is 256 g/mol. The average molecular weight is 288 g/mol. The fraction of sp³-hybridized carbons (Fsp3) is 0.600. The first-order valence-corrected chi connectivity index (χ1v) is 8.61. The van der Waals surface area contributed by atoms with Gasteiger partial charge >= 0.3 is 0 Å². The summed E-state index contributed by atoms with van der Waals surface area (Å²) in [5, 5.41) is 10.1. The summed E-state index contributed by atoms with van der Waals surface area (Å²) in [5.41, 5.74) is 2.52. The Labute approximate surface area is 131 Å². The standard InChI is InChI=1S/C20H32O/c1-3-4-5-6-7-8-10-13-18(2)16-20(21)17-19-14-11-9-12-15-19/h9,11-12,14-16,20-21H,3-8,10,13,17H2,1-2H3. The smallest absolute Gasteiger partial charge is 0.0763 e. The van der Waals surface area contributed by atoms with E-state index in [0.29, 0.717) is 0 Å². The number of hydrogen-bond acceptors (Lipinski definition) is 1. The van der Waals surface area contributed by atoms with E-state index in [1.807, 2.05) is 24.3 Å². The van der Waals surface area contributed by atoms with Crippen molar-refractivity contribution in [1.29, 1.82) is 0 Å². The highest BCUT2D eigenvalue weighted by molar-refractivity contribution is 5.17. The second kappa shape index (κ2) is 11.6. The molecule has 0 saturated heterocycles. The van der Waals surface area contributed by atoms with Crippen molar-refractivity contribution in [2.45, 2.75) is 77.7 Å². The molecule has 21 heavy (non-hydrogen) atoms. The summed E-state index contributed by atoms with van der Waals surface area (Å²) in [6, 6.07) is 10.2. The van der Waals surface area contributed by atoms with E-state index in [1.54, 1.807) is 0 Å². The summed E-state index contributed by atoms with van der Waals surface area (Å²) in [4.78, 5) is 0. The quantitative estimate of drug-likeness (QED) is 0.410. The SMILES string of the molecule is CCCCCCCCCC(C)=CC(O)Cc1ccccc1. The van der Waals surface area contributed by atoms with E-state index in [4.69, 9.17) is 0 Å². The largest absolute Gasteiger partial charge is 0.389 e. The molecule has 0 heterocycles. The van der Waals surface area contributed by atoms with E-state index >= 15 is 0 Å². The molecule has 0 radical (unpaired) electrons. The van der Waals surface area contributed by atoms with Gasteiger partial charge < -0.3 is 5.11 Å². The molecule has 1 N–H and O–H groups in total. The van der Waals surface area contributed by atoms with Gasteiger partial charge in [0, 0.05) is 6.42 Å². The molecule has 118 valence electrons. The zero-order valence-corrected chi connectivity index (χ0v) is 13.9. The van der Waals surface area contributed by atoms with Gasteiger partial charge in [0.25, 0.3) is 0 Å². The summed E-state index contributed by atoms with van der Waals surface area (Å²) < 4.78 is 0. The van der Waals surface area contributed by atoms with Gasteiger partial charge in [0.2, 0.25) is 0 Å². The van der Waals surface area contributed by atoms with Crippen molar-refractivity contribution in [2.75, 3.05) is 0 Å². The lowest BCUT2D eigenvalue weighted by Crippen LogP contribution is -2.07. The first-order valence-electron chi connectivity index (χ1n) is 8.61. The van der Waals surface area contributed by atoms with Crippen LogP contribution in [0.5, 0.6) is 0 Å². The molecular formula is C20H32O. The first kappa shape index (κ1) is 18.0. The van der Waals surface area contributed by atoms with Crippen molar-refractivity contribution in [2.24, 2.45) is 0 Å². The Morgan fingerprint density at radius 3 is 2.29 bits per heavy atom. The number of allylic oxidation sites excluding steroid dienone is 1. The Morgan fingerprint density at radius 2 is 1.62 bits per heavy atom. The van der Waals surface area contributed by atoms with Gasteiger partial charge in [-0.15, -0.1) is 0 Å². The van der Waals surface area contributed by atoms with E-state index in [9.17, 15) is 5.11 Å². The summed E-state index contributed by atoms with van der Waals surface area (Å²) in [6.45, 7) is 4.40. The van der Waals surface area contributed by atoms with Crippen LogP contribution < -0.4 is 0 Å². The normalized spacial score (nSPS) is 13.4. The van der Waals surface area contributed by atoms with Gasteiger partial charge in [-0.3, -0.25) is 0 Å². The first-order chi connectivity index (χ1) is 10.2. The molecule has 1 aromatic rings. The minimum Gasteiger partial charge on any atom is -0.389 e. The van der Waals surface area contributed by atoms with Crippen LogP contribution in [0.15, 0.2) is 42.0 Å². The molecule has 1 unspecified atom stereocenters. The third kappa shape index (κ3) is 9.47. The lowest BCUT2D eigenvalue weighted by molar-refractivity contribution is 0.222. The van der Waals surface area contributed by atoms with Crippen LogP contribution in [0.3, 0.4) is 0 Å². The molecule has 0 aliphatic rings. The number of rotatable bonds is 11. The topological polar surface area (TPSA) is 20.2 Å². The number of aliphatic hydroxyl groups excluding tert-OH is 1. The van der Waals surface area contributed by atoms with Gasteiger partial charge in [0.05, 0.1) is 6.10 Å². The maximum Gasteiger partial charge on any atom is 0.0763 e. The van der Waals surface area contributed by atoms with Crippen molar-refractivity contribution in [3.63, 3.8) is 0 Å². The van der Waals surface area contributed by atoms with E-state index in [0.717, 1.165) is 12.8 Å². The van der Waals surface area contributed by atoms with Crippen LogP contribution in [-0.4, -0.2) is 11.2 Å². The maximum absolute atomic E-state index is 10.1. The van der Waals surface area contributed by atoms with E-state index in [2.05, 4.69) is 26.0 Å². The fourth-order valence-electron chi connectivity index (χ4n) is 2.69. The molecule has 1 heteroatoms. The summed E-state index contributed by atoms with van der Waals surface area (Å²) in [5.74, 6) is 0. The molecule has 0 bridgehead atoms. The van der Waals surface area contributed by atoms with E-state index in [-0.39, 0.29) is 6.10 Å². The van der Waals surface area contributed by atoms with Crippen LogP contribution in [0.25, 0.3) is 0 Å². The number of benzene rings is 1. The number of unbranched alkanes of at least 4 members (excludes halogenated alkanes) is 6. The molecule has 0 aliphatic heterocycles. The second-order valence-corrected chi connectivity index (χ2v) is 6.14. The minimum atomic E-state index is -0.350. The molecule has 1 rings (SSSR count). The molecule has 1 aromatic carbocycles. The minimum absolute atomic E-state index is 0.350. The van der Waals surface area contributed by atoms with Crippen LogP contribution in [-0.2, 0) is 6.42 Å². The molecule has 0 amide bonds. The van der Waals surface area contributed by atoms with Crippen molar-refractivity contribution >= 4 is 0 Å². The maximum atomic E-state index is 10.1. The van der Waals surface area contributed by atoms with Gasteiger partial charge in [-0.1, -0.05) is 87.4 Å². The second-order valence-electron chi connectivity index (χ2n) is 6.14. The molecule has 0 aliphatic carbocycles. The van der Waals surface area contributed by atoms with Crippen LogP contribution in [0.1, 0.15) is 70.8 Å². The number of aliphatic hydroxyl groups is 1. The van der Waals surface area contributed by atoms with Crippen LogP contribution in [0, 0.1) is 0 Å². The van der Waals surface area contributed by atoms with Gasteiger partial charge in [0.15, 0.2) is 0 Å². The summed E-state index contributed by atoms with van der Waals surface area (Å²) >= 11 is 0. The third-order valence-corrected chi connectivity index (χ3v) is 3.94. The Balaban J connectivity index is 2.14. The average Bonchev–Trinajstić information content (AvgIpc) is 2.47. The van der Waals surface area contributed by atoms with Crippen LogP contribution in [0.2, 0.25) is 0 Å². The van der Waals surface area contributed by atoms with Gasteiger partial charge in [-0.2, -0.15) is 0 Å². The van der Waals surface area contributed by atoms with E-state index < -0.39 is 0 Å². The highest BCUT2D eigenvalue weighted by Gasteiger charge is 2.02. The third-order valence-electron chi connectivity index (χ3n) is 3.94. The Morgan fingerprint density at radius 1 is 1.00 bits per heavy atom. The Kier molecular flexibility index (Phi) is 9.90. The van der Waals surface area contributed by atoms with Crippen LogP contribution >= 0.6 is 0 Å². The molecule has 0 spiro atoms. The number of hydrogen-bond donors (Lipinski definition) is 1. The molecule has 0 saturated carbocycles. The summed E-state index contributed by atoms with van der Waals surface area (Å²) in [7, 11) is 0. The molecule has 0 aromatic heterocycles. The van der Waals surface area contributed by atoms with Gasteiger partial charge in [-0.25, -0.2) is 0 Å². The zero-order valence-electron chi connectivity index (χ0n) is 13.9. The molecule has 0 fully saturated rings. The predicted molar refractivity (Wildman–Crippen MR) is 92.5 cm³/mol. The van der Waals surface area contributed by atoms with Crippen molar-refractivity contribution in [3.05, 3.63) is 47.5 Å². The predicted octanol–water partition coefficient (Wildman–Crippen LogP) is 5.68. The van der Waals surface area contributed by atoms with Gasteiger partial charge in [-0.05, 0) is 25.3 Å². The highest BCUT2D eigenvalue weighted by Crippen LogP contribution is 2.13. The zero-order chi connectivity index (χ0) is 15.3. The van der Waals surface area contributed by atoms with Crippen molar-refractivity contribution < 1.29 is 5.11 Å². The fourth-order valence-corrected chi connectivity index (χ4v) is 2.69. The molecule has 1 nitrogen and oxygen atoms in total. The highest BCUT2D eigenvalue weighted by atomic mass is 16.3. The molecule has 1 atom stereocenters. The summed E-state index contributed by atoms with van der Waals surface area (Å²) in [6.07, 6.45) is 12.9. The Bertz CT molecular complexity index is 380. The monoisotopic (exact) mass is 288 g/mol. The van der Waals surface area contributed by atoms with E-state index in [1.165, 1.54) is 56.1 Å². The van der Waals surface area contributed by atoms with Crippen molar-refractivity contribution in [1.82, 2.24) is 0 Å². The van der Waals surface area contributed by atoms with Crippen molar-refractivity contribution in [3.8, 4) is 0 Å². The van der Waals surface area contributed by atoms with Gasteiger partial charge in [0.1, 0.15) is 0 Å².